The number of nitrogens with one attached hydrogen (secondary N) is 1. The molecule has 0 bridgehead atoms. The second-order valence-electron chi connectivity index (χ2n) is 5.23. The Kier molecular flexibility index (Phi) is 7.79. The summed E-state index contributed by atoms with van der Waals surface area (Å²) in [5, 5.41) is 3.39. The Hall–Kier alpha value is -0.840. The minimum absolute atomic E-state index is 0.0903. The number of furan rings is 1. The van der Waals surface area contributed by atoms with Crippen LogP contribution in [0.3, 0.4) is 0 Å². The first-order valence-electron chi connectivity index (χ1n) is 7.08. The van der Waals surface area contributed by atoms with Crippen LogP contribution in [0, 0.1) is 5.92 Å². The van der Waals surface area contributed by atoms with E-state index in [1.807, 2.05) is 19.9 Å². The molecule has 110 valence electrons. The molecule has 4 heteroatoms. The molecule has 19 heavy (non-hydrogen) atoms. The summed E-state index contributed by atoms with van der Waals surface area (Å²) in [6.07, 6.45) is 1.88. The lowest BCUT2D eigenvalue weighted by molar-refractivity contribution is -0.0170. The smallest absolute Gasteiger partial charge is 0.129 e. The van der Waals surface area contributed by atoms with Gasteiger partial charge in [0.05, 0.1) is 19.0 Å². The van der Waals surface area contributed by atoms with Crippen LogP contribution in [0.1, 0.15) is 39.0 Å². The summed E-state index contributed by atoms with van der Waals surface area (Å²) < 4.78 is 16.4. The first-order valence-corrected chi connectivity index (χ1v) is 7.08. The molecule has 0 aliphatic rings. The largest absolute Gasteiger partial charge is 0.467 e. The Balaban J connectivity index is 2.22. The van der Waals surface area contributed by atoms with Gasteiger partial charge >= 0.3 is 0 Å². The van der Waals surface area contributed by atoms with Crippen molar-refractivity contribution in [3.05, 3.63) is 23.7 Å². The van der Waals surface area contributed by atoms with Crippen LogP contribution in [0.15, 0.2) is 16.7 Å². The van der Waals surface area contributed by atoms with Gasteiger partial charge in [0, 0.05) is 18.7 Å². The molecule has 4 nitrogen and oxygen atoms in total. The van der Waals surface area contributed by atoms with Gasteiger partial charge in [-0.05, 0) is 32.4 Å². The van der Waals surface area contributed by atoms with Crippen LogP contribution in [0.25, 0.3) is 0 Å². The van der Waals surface area contributed by atoms with Crippen molar-refractivity contribution < 1.29 is 13.9 Å². The summed E-state index contributed by atoms with van der Waals surface area (Å²) in [6, 6.07) is 2.04. The van der Waals surface area contributed by atoms with E-state index >= 15 is 0 Å². The molecule has 0 saturated carbocycles. The Labute approximate surface area is 116 Å². The zero-order valence-corrected chi connectivity index (χ0v) is 12.6. The number of hydrogen-bond donors (Lipinski definition) is 1. The van der Waals surface area contributed by atoms with Gasteiger partial charge in [-0.25, -0.2) is 0 Å². The van der Waals surface area contributed by atoms with Crippen molar-refractivity contribution in [1.82, 2.24) is 5.32 Å². The summed E-state index contributed by atoms with van der Waals surface area (Å²) in [6.45, 7) is 12.1. The lowest BCUT2D eigenvalue weighted by Gasteiger charge is -2.11. The van der Waals surface area contributed by atoms with Gasteiger partial charge < -0.3 is 19.2 Å². The van der Waals surface area contributed by atoms with Crippen molar-refractivity contribution in [3.63, 3.8) is 0 Å². The normalized spacial score (nSPS) is 13.1. The van der Waals surface area contributed by atoms with Crippen LogP contribution in [0.2, 0.25) is 0 Å². The van der Waals surface area contributed by atoms with Gasteiger partial charge in [-0.1, -0.05) is 13.8 Å². The molecule has 1 aromatic rings. The van der Waals surface area contributed by atoms with Gasteiger partial charge in [0.15, 0.2) is 0 Å². The van der Waals surface area contributed by atoms with Crippen molar-refractivity contribution >= 4 is 0 Å². The van der Waals surface area contributed by atoms with Gasteiger partial charge in [-0.3, -0.25) is 0 Å². The fraction of sp³-hybridized carbons (Fsp3) is 0.733. The van der Waals surface area contributed by atoms with E-state index in [9.17, 15) is 0 Å². The highest BCUT2D eigenvalue weighted by atomic mass is 16.5. The highest BCUT2D eigenvalue weighted by Gasteiger charge is 2.06. The van der Waals surface area contributed by atoms with Crippen LogP contribution >= 0.6 is 0 Å². The lowest BCUT2D eigenvalue weighted by Crippen LogP contribution is -2.18. The minimum atomic E-state index is 0.0903. The first-order chi connectivity index (χ1) is 9.11. The zero-order valence-electron chi connectivity index (χ0n) is 12.6. The molecule has 0 fully saturated rings. The highest BCUT2D eigenvalue weighted by Crippen LogP contribution is 2.10. The van der Waals surface area contributed by atoms with E-state index in [1.54, 1.807) is 6.26 Å². The SMILES string of the molecule is CCOCC(C)OCc1cc(CNCC(C)C)co1. The molecule has 1 heterocycles. The molecule has 0 spiro atoms. The maximum absolute atomic E-state index is 5.65. The van der Waals surface area contributed by atoms with E-state index < -0.39 is 0 Å². The fourth-order valence-electron chi connectivity index (χ4n) is 1.66. The third-order valence-electron chi connectivity index (χ3n) is 2.66. The van der Waals surface area contributed by atoms with Crippen LogP contribution < -0.4 is 5.32 Å². The molecule has 0 aliphatic carbocycles. The molecule has 1 atom stereocenters. The van der Waals surface area contributed by atoms with Gasteiger partial charge in [0.1, 0.15) is 12.4 Å². The van der Waals surface area contributed by atoms with Gasteiger partial charge in [0.2, 0.25) is 0 Å². The lowest BCUT2D eigenvalue weighted by atomic mass is 10.2. The molecule has 1 rings (SSSR count). The maximum Gasteiger partial charge on any atom is 0.129 e. The minimum Gasteiger partial charge on any atom is -0.467 e. The van der Waals surface area contributed by atoms with E-state index in [0.717, 1.165) is 31.0 Å². The van der Waals surface area contributed by atoms with Gasteiger partial charge in [-0.2, -0.15) is 0 Å². The van der Waals surface area contributed by atoms with E-state index in [4.69, 9.17) is 13.9 Å². The summed E-state index contributed by atoms with van der Waals surface area (Å²) in [4.78, 5) is 0. The van der Waals surface area contributed by atoms with Gasteiger partial charge in [-0.15, -0.1) is 0 Å². The Morgan fingerprint density at radius 1 is 1.32 bits per heavy atom. The van der Waals surface area contributed by atoms with E-state index in [0.29, 0.717) is 19.1 Å². The number of ether oxygens (including phenoxy) is 2. The van der Waals surface area contributed by atoms with E-state index in [2.05, 4.69) is 19.2 Å². The molecule has 0 amide bonds. The molecule has 1 unspecified atom stereocenters. The molecular formula is C15H27NO3. The molecular weight excluding hydrogens is 242 g/mol. The third kappa shape index (κ3) is 7.35. The fourth-order valence-corrected chi connectivity index (χ4v) is 1.66. The number of rotatable bonds is 10. The quantitative estimate of drug-likeness (QED) is 0.709. The third-order valence-corrected chi connectivity index (χ3v) is 2.66. The topological polar surface area (TPSA) is 43.6 Å². The van der Waals surface area contributed by atoms with Gasteiger partial charge in [0.25, 0.3) is 0 Å². The Morgan fingerprint density at radius 2 is 2.11 bits per heavy atom. The van der Waals surface area contributed by atoms with Crippen molar-refractivity contribution in [2.45, 2.75) is 47.0 Å². The van der Waals surface area contributed by atoms with Crippen LogP contribution in [0.4, 0.5) is 0 Å². The van der Waals surface area contributed by atoms with Crippen molar-refractivity contribution in [3.8, 4) is 0 Å². The van der Waals surface area contributed by atoms with E-state index in [1.165, 1.54) is 0 Å². The second-order valence-corrected chi connectivity index (χ2v) is 5.23. The van der Waals surface area contributed by atoms with Crippen molar-refractivity contribution in [1.29, 1.82) is 0 Å². The molecule has 0 radical (unpaired) electrons. The summed E-state index contributed by atoms with van der Waals surface area (Å²) in [5.74, 6) is 1.53. The van der Waals surface area contributed by atoms with E-state index in [-0.39, 0.29) is 6.10 Å². The van der Waals surface area contributed by atoms with Crippen molar-refractivity contribution in [2.75, 3.05) is 19.8 Å². The average molecular weight is 269 g/mol. The predicted molar refractivity (Wildman–Crippen MR) is 76.0 cm³/mol. The monoisotopic (exact) mass is 269 g/mol. The maximum atomic E-state index is 5.65. The summed E-state index contributed by atoms with van der Waals surface area (Å²) >= 11 is 0. The summed E-state index contributed by atoms with van der Waals surface area (Å²) in [5.41, 5.74) is 1.16. The molecule has 0 aliphatic heterocycles. The Morgan fingerprint density at radius 3 is 2.79 bits per heavy atom. The average Bonchev–Trinajstić information content (AvgIpc) is 2.81. The van der Waals surface area contributed by atoms with Crippen LogP contribution in [0.5, 0.6) is 0 Å². The number of hydrogen-bond acceptors (Lipinski definition) is 4. The van der Waals surface area contributed by atoms with Crippen molar-refractivity contribution in [2.24, 2.45) is 5.92 Å². The summed E-state index contributed by atoms with van der Waals surface area (Å²) in [7, 11) is 0. The first kappa shape index (κ1) is 16.2. The van der Waals surface area contributed by atoms with Crippen LogP contribution in [-0.4, -0.2) is 25.9 Å². The Bertz CT molecular complexity index is 336. The molecule has 1 aromatic heterocycles. The standard InChI is InChI=1S/C15H27NO3/c1-5-17-9-13(4)18-11-15-6-14(10-19-15)8-16-7-12(2)3/h6,10,12-13,16H,5,7-9,11H2,1-4H3. The predicted octanol–water partition coefficient (Wildman–Crippen LogP) is 2.97. The molecule has 0 aromatic carbocycles. The molecule has 0 saturated heterocycles. The second kappa shape index (κ2) is 9.13. The molecule has 1 N–H and O–H groups in total. The highest BCUT2D eigenvalue weighted by molar-refractivity contribution is 5.12. The zero-order chi connectivity index (χ0) is 14.1. The van der Waals surface area contributed by atoms with Crippen LogP contribution in [-0.2, 0) is 22.6 Å².